The van der Waals surface area contributed by atoms with E-state index in [1.54, 1.807) is 29.6 Å². The number of thiophene rings is 1. The topological polar surface area (TPSA) is 112 Å². The first-order chi connectivity index (χ1) is 14.0. The number of aromatic nitrogens is 2. The number of imide groups is 1. The molecular formula is C19H20N4O5S. The van der Waals surface area contributed by atoms with Crippen molar-refractivity contribution in [1.29, 1.82) is 0 Å². The Morgan fingerprint density at radius 2 is 1.90 bits per heavy atom. The lowest BCUT2D eigenvalue weighted by atomic mass is 10.2. The molecular weight excluding hydrogens is 396 g/mol. The van der Waals surface area contributed by atoms with E-state index in [4.69, 9.17) is 9.47 Å². The van der Waals surface area contributed by atoms with E-state index in [9.17, 15) is 14.4 Å². The SMILES string of the molecule is CCOc1ccc(NC(=O)NC(=O)Cn2cnc3sccc3c2=O)cc1OCC. The summed E-state index contributed by atoms with van der Waals surface area (Å²) in [7, 11) is 0. The fourth-order valence-corrected chi connectivity index (χ4v) is 3.34. The summed E-state index contributed by atoms with van der Waals surface area (Å²) in [4.78, 5) is 41.3. The molecule has 0 fully saturated rings. The summed E-state index contributed by atoms with van der Waals surface area (Å²) in [6, 6.07) is 5.85. The Morgan fingerprint density at radius 1 is 1.14 bits per heavy atom. The number of nitrogens with zero attached hydrogens (tertiary/aromatic N) is 2. The van der Waals surface area contributed by atoms with Crippen LogP contribution >= 0.6 is 11.3 Å². The maximum atomic E-state index is 12.3. The van der Waals surface area contributed by atoms with Gasteiger partial charge < -0.3 is 14.8 Å². The molecule has 29 heavy (non-hydrogen) atoms. The van der Waals surface area contributed by atoms with Crippen LogP contribution in [0.15, 0.2) is 40.8 Å². The number of fused-ring (bicyclic) bond motifs is 1. The van der Waals surface area contributed by atoms with Gasteiger partial charge >= 0.3 is 6.03 Å². The van der Waals surface area contributed by atoms with Crippen LogP contribution in [0.3, 0.4) is 0 Å². The second kappa shape index (κ2) is 9.20. The minimum absolute atomic E-state index is 0.321. The average Bonchev–Trinajstić information content (AvgIpc) is 3.16. The number of carbonyl (C=O) groups is 2. The van der Waals surface area contributed by atoms with Crippen LogP contribution in [0, 0.1) is 0 Å². The van der Waals surface area contributed by atoms with Crippen molar-refractivity contribution in [2.45, 2.75) is 20.4 Å². The number of carbonyl (C=O) groups excluding carboxylic acids is 2. The van der Waals surface area contributed by atoms with Gasteiger partial charge in [0.2, 0.25) is 5.91 Å². The molecule has 0 saturated carbocycles. The van der Waals surface area contributed by atoms with Crippen LogP contribution in [0.2, 0.25) is 0 Å². The summed E-state index contributed by atoms with van der Waals surface area (Å²) in [6.07, 6.45) is 1.29. The van der Waals surface area contributed by atoms with E-state index in [-0.39, 0.29) is 12.1 Å². The molecule has 9 nitrogen and oxygen atoms in total. The third-order valence-electron chi connectivity index (χ3n) is 3.82. The summed E-state index contributed by atoms with van der Waals surface area (Å²) in [5.74, 6) is 0.407. The van der Waals surface area contributed by atoms with Crippen LogP contribution in [-0.4, -0.2) is 34.7 Å². The highest BCUT2D eigenvalue weighted by Crippen LogP contribution is 2.30. The van der Waals surface area contributed by atoms with Gasteiger partial charge in [-0.1, -0.05) is 0 Å². The van der Waals surface area contributed by atoms with Crippen molar-refractivity contribution in [2.75, 3.05) is 18.5 Å². The Kier molecular flexibility index (Phi) is 6.45. The van der Waals surface area contributed by atoms with Gasteiger partial charge in [-0.15, -0.1) is 11.3 Å². The normalized spacial score (nSPS) is 10.6. The minimum atomic E-state index is -0.723. The first-order valence-corrected chi connectivity index (χ1v) is 9.83. The molecule has 3 rings (SSSR count). The van der Waals surface area contributed by atoms with Gasteiger partial charge in [-0.2, -0.15) is 0 Å². The van der Waals surface area contributed by atoms with Gasteiger partial charge in [0.05, 0.1) is 24.9 Å². The Bertz CT molecular complexity index is 1090. The molecule has 0 aliphatic rings. The monoisotopic (exact) mass is 416 g/mol. The maximum Gasteiger partial charge on any atom is 0.325 e. The number of benzene rings is 1. The largest absolute Gasteiger partial charge is 0.490 e. The van der Waals surface area contributed by atoms with Gasteiger partial charge in [0, 0.05) is 11.8 Å². The summed E-state index contributed by atoms with van der Waals surface area (Å²) in [6.45, 7) is 4.29. The summed E-state index contributed by atoms with van der Waals surface area (Å²) in [5.41, 5.74) is 0.0976. The molecule has 0 aliphatic carbocycles. The van der Waals surface area contributed by atoms with Crippen LogP contribution in [0.4, 0.5) is 10.5 Å². The molecule has 1 aromatic carbocycles. The molecule has 0 saturated heterocycles. The minimum Gasteiger partial charge on any atom is -0.490 e. The van der Waals surface area contributed by atoms with E-state index in [2.05, 4.69) is 15.6 Å². The highest BCUT2D eigenvalue weighted by molar-refractivity contribution is 7.16. The fourth-order valence-electron chi connectivity index (χ4n) is 2.62. The standard InChI is InChI=1S/C19H20N4O5S/c1-3-27-14-6-5-12(9-15(14)28-4-2)21-19(26)22-16(24)10-23-11-20-17-13(18(23)25)7-8-29-17/h5-9,11H,3-4,10H2,1-2H3,(H2,21,22,24,26). The van der Waals surface area contributed by atoms with Gasteiger partial charge in [-0.05, 0) is 37.4 Å². The molecule has 3 aromatic rings. The third kappa shape index (κ3) is 4.91. The van der Waals surface area contributed by atoms with Gasteiger partial charge in [-0.3, -0.25) is 19.5 Å². The Morgan fingerprint density at radius 3 is 2.66 bits per heavy atom. The molecule has 0 unspecified atom stereocenters. The Labute approximate surface area is 170 Å². The van der Waals surface area contributed by atoms with Crippen molar-refractivity contribution in [3.05, 3.63) is 46.3 Å². The molecule has 0 aliphatic heterocycles. The van der Waals surface area contributed by atoms with E-state index in [1.165, 1.54) is 17.7 Å². The summed E-state index contributed by atoms with van der Waals surface area (Å²) in [5, 5.41) is 6.94. The van der Waals surface area contributed by atoms with Crippen molar-refractivity contribution >= 4 is 39.2 Å². The van der Waals surface area contributed by atoms with E-state index in [0.29, 0.717) is 40.6 Å². The molecule has 2 aromatic heterocycles. The first kappa shape index (κ1) is 20.3. The third-order valence-corrected chi connectivity index (χ3v) is 4.64. The summed E-state index contributed by atoms with van der Waals surface area (Å²) < 4.78 is 12.1. The molecule has 2 heterocycles. The van der Waals surface area contributed by atoms with Crippen LogP contribution in [0.5, 0.6) is 11.5 Å². The zero-order chi connectivity index (χ0) is 20.8. The number of hydrogen-bond donors (Lipinski definition) is 2. The van der Waals surface area contributed by atoms with Gasteiger partial charge in [0.25, 0.3) is 5.56 Å². The molecule has 0 atom stereocenters. The summed E-state index contributed by atoms with van der Waals surface area (Å²) >= 11 is 1.34. The number of amides is 3. The van der Waals surface area contributed by atoms with Gasteiger partial charge in [-0.25, -0.2) is 9.78 Å². The second-order valence-corrected chi connectivity index (χ2v) is 6.74. The highest BCUT2D eigenvalue weighted by Gasteiger charge is 2.13. The van der Waals surface area contributed by atoms with Gasteiger partial charge in [0.15, 0.2) is 11.5 Å². The maximum absolute atomic E-state index is 12.3. The number of hydrogen-bond acceptors (Lipinski definition) is 7. The zero-order valence-electron chi connectivity index (χ0n) is 15.9. The molecule has 0 radical (unpaired) electrons. The van der Waals surface area contributed by atoms with E-state index in [0.717, 1.165) is 4.57 Å². The van der Waals surface area contributed by atoms with Crippen LogP contribution in [0.25, 0.3) is 10.2 Å². The lowest BCUT2D eigenvalue weighted by Gasteiger charge is -2.13. The second-order valence-electron chi connectivity index (χ2n) is 5.85. The molecule has 0 spiro atoms. The van der Waals surface area contributed by atoms with Crippen LogP contribution < -0.4 is 25.7 Å². The van der Waals surface area contributed by atoms with Crippen molar-refractivity contribution in [1.82, 2.24) is 14.9 Å². The highest BCUT2D eigenvalue weighted by atomic mass is 32.1. The lowest BCUT2D eigenvalue weighted by molar-refractivity contribution is -0.120. The first-order valence-electron chi connectivity index (χ1n) is 8.95. The van der Waals surface area contributed by atoms with Crippen LogP contribution in [-0.2, 0) is 11.3 Å². The van der Waals surface area contributed by atoms with Gasteiger partial charge in [0.1, 0.15) is 11.4 Å². The van der Waals surface area contributed by atoms with E-state index >= 15 is 0 Å². The van der Waals surface area contributed by atoms with Crippen molar-refractivity contribution in [3.63, 3.8) is 0 Å². The van der Waals surface area contributed by atoms with Crippen molar-refractivity contribution < 1.29 is 19.1 Å². The molecule has 152 valence electrons. The predicted molar refractivity (Wildman–Crippen MR) is 110 cm³/mol. The number of anilines is 1. The Hall–Kier alpha value is -3.40. The predicted octanol–water partition coefficient (Wildman–Crippen LogP) is 2.60. The average molecular weight is 416 g/mol. The number of rotatable bonds is 7. The molecule has 0 bridgehead atoms. The smallest absolute Gasteiger partial charge is 0.325 e. The molecule has 3 amide bonds. The molecule has 10 heteroatoms. The number of ether oxygens (including phenoxy) is 2. The Balaban J connectivity index is 1.63. The van der Waals surface area contributed by atoms with Crippen molar-refractivity contribution in [3.8, 4) is 11.5 Å². The lowest BCUT2D eigenvalue weighted by Crippen LogP contribution is -2.38. The fraction of sp³-hybridized carbons (Fsp3) is 0.263. The number of nitrogens with one attached hydrogen (secondary N) is 2. The quantitative estimate of drug-likeness (QED) is 0.612. The van der Waals surface area contributed by atoms with E-state index < -0.39 is 11.9 Å². The van der Waals surface area contributed by atoms with Crippen molar-refractivity contribution in [2.24, 2.45) is 0 Å². The number of urea groups is 1. The van der Waals surface area contributed by atoms with E-state index in [1.807, 2.05) is 13.8 Å². The zero-order valence-corrected chi connectivity index (χ0v) is 16.7. The molecule has 2 N–H and O–H groups in total. The van der Waals surface area contributed by atoms with Crippen LogP contribution in [0.1, 0.15) is 13.8 Å².